The molecular weight excluding hydrogens is 327 g/mol. The van der Waals surface area contributed by atoms with Gasteiger partial charge in [0.05, 0.1) is 0 Å². The summed E-state index contributed by atoms with van der Waals surface area (Å²) in [5.74, 6) is 0. The Morgan fingerprint density at radius 2 is 1.72 bits per heavy atom. The summed E-state index contributed by atoms with van der Waals surface area (Å²) in [6.45, 7) is 4.59. The standard InChI is InChI=1S/C7H9N2.2C4H9.Sn/c1-9(2)7-3-5-8-6-4-7;2*1-3-4-2;/h3-5H,1-2H3;2*1,3-4H2,2H3;. The van der Waals surface area contributed by atoms with Gasteiger partial charge < -0.3 is 0 Å². The molecule has 101 valence electrons. The van der Waals surface area contributed by atoms with Crippen LogP contribution in [0.3, 0.4) is 0 Å². The van der Waals surface area contributed by atoms with Crippen molar-refractivity contribution in [3.8, 4) is 0 Å². The van der Waals surface area contributed by atoms with Gasteiger partial charge in [0.25, 0.3) is 0 Å². The van der Waals surface area contributed by atoms with Crippen LogP contribution in [0.25, 0.3) is 0 Å². The maximum atomic E-state index is 4.69. The van der Waals surface area contributed by atoms with Crippen LogP contribution in [0, 0.1) is 0 Å². The minimum atomic E-state index is -1.45. The Kier molecular flexibility index (Phi) is 7.71. The van der Waals surface area contributed by atoms with E-state index in [-0.39, 0.29) is 0 Å². The molecule has 1 radical (unpaired) electrons. The molecule has 0 aliphatic heterocycles. The average Bonchev–Trinajstić information content (AvgIpc) is 2.39. The Hall–Kier alpha value is -0.251. The fraction of sp³-hybridized carbons (Fsp3) is 0.667. The van der Waals surface area contributed by atoms with Crippen molar-refractivity contribution in [3.05, 3.63) is 18.3 Å². The summed E-state index contributed by atoms with van der Waals surface area (Å²) in [4.78, 5) is 6.87. The van der Waals surface area contributed by atoms with Crippen LogP contribution in [0.5, 0.6) is 0 Å². The molecular formula is C15H27N2Sn. The van der Waals surface area contributed by atoms with Crippen LogP contribution >= 0.6 is 0 Å². The van der Waals surface area contributed by atoms with Gasteiger partial charge in [-0.05, 0) is 0 Å². The SMILES string of the molecule is CCC[CH2][Sn]([CH2]CCC)[c]1cc(N(C)C)ccn1. The molecule has 1 rings (SSSR count). The first-order valence-corrected chi connectivity index (χ1v) is 12.6. The maximum absolute atomic E-state index is 4.69. The second-order valence-corrected chi connectivity index (χ2v) is 12.9. The van der Waals surface area contributed by atoms with Crippen LogP contribution in [-0.2, 0) is 0 Å². The molecule has 0 bridgehead atoms. The van der Waals surface area contributed by atoms with Crippen LogP contribution in [0.1, 0.15) is 39.5 Å². The van der Waals surface area contributed by atoms with Gasteiger partial charge in [-0.1, -0.05) is 0 Å². The zero-order chi connectivity index (χ0) is 13.4. The molecule has 0 aromatic carbocycles. The Balaban J connectivity index is 2.78. The third-order valence-corrected chi connectivity index (χ3v) is 11.6. The van der Waals surface area contributed by atoms with Crippen molar-refractivity contribution in [1.82, 2.24) is 4.98 Å². The Bertz CT molecular complexity index is 331. The van der Waals surface area contributed by atoms with Gasteiger partial charge in [-0.3, -0.25) is 0 Å². The molecule has 0 N–H and O–H groups in total. The summed E-state index contributed by atoms with van der Waals surface area (Å²) in [6, 6.07) is 4.46. The van der Waals surface area contributed by atoms with Crippen molar-refractivity contribution in [2.45, 2.75) is 48.4 Å². The summed E-state index contributed by atoms with van der Waals surface area (Å²) >= 11 is -1.45. The van der Waals surface area contributed by atoms with E-state index in [9.17, 15) is 0 Å². The second-order valence-electron chi connectivity index (χ2n) is 5.10. The van der Waals surface area contributed by atoms with Crippen LogP contribution in [0.2, 0.25) is 8.87 Å². The van der Waals surface area contributed by atoms with Crippen LogP contribution in [0.15, 0.2) is 18.3 Å². The molecule has 1 aromatic rings. The summed E-state index contributed by atoms with van der Waals surface area (Å²) in [7, 11) is 4.22. The average molecular weight is 354 g/mol. The fourth-order valence-corrected chi connectivity index (χ4v) is 10.4. The van der Waals surface area contributed by atoms with E-state index in [0.29, 0.717) is 0 Å². The van der Waals surface area contributed by atoms with Gasteiger partial charge in [-0.15, -0.1) is 0 Å². The van der Waals surface area contributed by atoms with Crippen molar-refractivity contribution in [3.63, 3.8) is 0 Å². The molecule has 0 amide bonds. The monoisotopic (exact) mass is 355 g/mol. The first-order valence-electron chi connectivity index (χ1n) is 7.17. The van der Waals surface area contributed by atoms with E-state index >= 15 is 0 Å². The molecule has 0 saturated heterocycles. The number of hydrogen-bond donors (Lipinski definition) is 0. The number of aromatic nitrogens is 1. The molecule has 1 heterocycles. The number of unbranched alkanes of at least 4 members (excludes halogenated alkanes) is 2. The molecule has 0 spiro atoms. The summed E-state index contributed by atoms with van der Waals surface area (Å²) in [5, 5.41) is 0. The van der Waals surface area contributed by atoms with Gasteiger partial charge in [0.15, 0.2) is 0 Å². The van der Waals surface area contributed by atoms with Gasteiger partial charge in [-0.25, -0.2) is 0 Å². The Morgan fingerprint density at radius 3 is 2.22 bits per heavy atom. The number of hydrogen-bond acceptors (Lipinski definition) is 2. The van der Waals surface area contributed by atoms with E-state index in [4.69, 9.17) is 0 Å². The molecule has 0 fully saturated rings. The molecule has 1 aromatic heterocycles. The normalized spacial score (nSPS) is 10.9. The molecule has 0 atom stereocenters. The van der Waals surface area contributed by atoms with Crippen molar-refractivity contribution >= 4 is 29.2 Å². The van der Waals surface area contributed by atoms with E-state index < -0.39 is 19.8 Å². The Labute approximate surface area is 120 Å². The molecule has 18 heavy (non-hydrogen) atoms. The first-order chi connectivity index (χ1) is 8.69. The summed E-state index contributed by atoms with van der Waals surface area (Å²) in [6.07, 6.45) is 7.44. The summed E-state index contributed by atoms with van der Waals surface area (Å²) < 4.78 is 4.43. The zero-order valence-corrected chi connectivity index (χ0v) is 15.2. The molecule has 2 nitrogen and oxygen atoms in total. The summed E-state index contributed by atoms with van der Waals surface area (Å²) in [5.41, 5.74) is 1.31. The van der Waals surface area contributed by atoms with Gasteiger partial charge in [0.2, 0.25) is 0 Å². The predicted molar refractivity (Wildman–Crippen MR) is 83.4 cm³/mol. The fourth-order valence-electron chi connectivity index (χ4n) is 2.05. The predicted octanol–water partition coefficient (Wildman–Crippen LogP) is 3.45. The molecule has 0 unspecified atom stereocenters. The van der Waals surface area contributed by atoms with Crippen molar-refractivity contribution in [1.29, 1.82) is 0 Å². The van der Waals surface area contributed by atoms with Gasteiger partial charge in [-0.2, -0.15) is 0 Å². The third kappa shape index (κ3) is 5.17. The van der Waals surface area contributed by atoms with E-state index in [1.807, 2.05) is 6.20 Å². The van der Waals surface area contributed by atoms with Crippen LogP contribution in [-0.4, -0.2) is 38.8 Å². The zero-order valence-electron chi connectivity index (χ0n) is 12.4. The van der Waals surface area contributed by atoms with Crippen LogP contribution < -0.4 is 8.61 Å². The van der Waals surface area contributed by atoms with Gasteiger partial charge in [0.1, 0.15) is 0 Å². The van der Waals surface area contributed by atoms with Gasteiger partial charge >= 0.3 is 120 Å². The number of rotatable bonds is 8. The first kappa shape index (κ1) is 15.8. The Morgan fingerprint density at radius 1 is 1.11 bits per heavy atom. The third-order valence-electron chi connectivity index (χ3n) is 3.29. The van der Waals surface area contributed by atoms with Crippen LogP contribution in [0.4, 0.5) is 5.69 Å². The molecule has 0 saturated carbocycles. The van der Waals surface area contributed by atoms with E-state index in [1.165, 1.54) is 44.0 Å². The van der Waals surface area contributed by atoms with E-state index in [0.717, 1.165) is 0 Å². The topological polar surface area (TPSA) is 16.1 Å². The minimum absolute atomic E-state index is 1.31. The number of nitrogens with zero attached hydrogens (tertiary/aromatic N) is 2. The van der Waals surface area contributed by atoms with E-state index in [2.05, 4.69) is 50.0 Å². The molecule has 0 aliphatic carbocycles. The van der Waals surface area contributed by atoms with Crippen molar-refractivity contribution in [2.75, 3.05) is 19.0 Å². The quantitative estimate of drug-likeness (QED) is 0.665. The second kappa shape index (κ2) is 8.78. The van der Waals surface area contributed by atoms with E-state index in [1.54, 1.807) is 0 Å². The van der Waals surface area contributed by atoms with Gasteiger partial charge in [0, 0.05) is 0 Å². The number of pyridine rings is 1. The van der Waals surface area contributed by atoms with Crippen molar-refractivity contribution < 1.29 is 0 Å². The molecule has 0 aliphatic rings. The number of anilines is 1. The van der Waals surface area contributed by atoms with Crippen molar-refractivity contribution in [2.24, 2.45) is 0 Å². The molecule has 3 heteroatoms.